The van der Waals surface area contributed by atoms with Gasteiger partial charge in [-0.2, -0.15) is 0 Å². The van der Waals surface area contributed by atoms with Gasteiger partial charge in [0.15, 0.2) is 0 Å². The number of halogens is 1. The van der Waals surface area contributed by atoms with Gasteiger partial charge in [-0.1, -0.05) is 66.2 Å². The van der Waals surface area contributed by atoms with Crippen molar-refractivity contribution in [1.82, 2.24) is 0 Å². The molecule has 4 aromatic rings. The monoisotopic (exact) mass is 487 g/mol. The van der Waals surface area contributed by atoms with Crippen LogP contribution in [0.5, 0.6) is 17.2 Å². The van der Waals surface area contributed by atoms with Gasteiger partial charge in [-0.3, -0.25) is 0 Å². The van der Waals surface area contributed by atoms with Crippen LogP contribution in [0.1, 0.15) is 40.6 Å². The average molecular weight is 488 g/mol. The Morgan fingerprint density at radius 2 is 1.31 bits per heavy atom. The fourth-order valence-electron chi connectivity index (χ4n) is 4.14. The summed E-state index contributed by atoms with van der Waals surface area (Å²) in [5, 5.41) is 0.683. The summed E-state index contributed by atoms with van der Waals surface area (Å²) in [6.45, 7) is 0.521. The van der Waals surface area contributed by atoms with Gasteiger partial charge in [0, 0.05) is 17.0 Å². The topological polar surface area (TPSA) is 53.7 Å². The molecule has 2 unspecified atom stereocenters. The van der Waals surface area contributed by atoms with E-state index in [1.165, 1.54) is 0 Å². The van der Waals surface area contributed by atoms with Crippen LogP contribution in [0.3, 0.4) is 0 Å². The third kappa shape index (κ3) is 6.36. The highest BCUT2D eigenvalue weighted by molar-refractivity contribution is 6.31. The molecular weight excluding hydrogens is 458 g/mol. The Labute approximate surface area is 212 Å². The minimum atomic E-state index is -0.192. The SMILES string of the molecule is COc1ccc(C(N)CC(c2ccc(OCc3ccccc3)cc2)c2cc(OC)ccc2Cl)cc1. The fourth-order valence-corrected chi connectivity index (χ4v) is 4.39. The molecule has 4 rings (SSSR count). The predicted octanol–water partition coefficient (Wildman–Crippen LogP) is 7.16. The third-order valence-electron chi connectivity index (χ3n) is 6.14. The summed E-state index contributed by atoms with van der Waals surface area (Å²) >= 11 is 6.68. The first-order valence-corrected chi connectivity index (χ1v) is 11.9. The Morgan fingerprint density at radius 3 is 1.97 bits per heavy atom. The third-order valence-corrected chi connectivity index (χ3v) is 6.49. The summed E-state index contributed by atoms with van der Waals surface area (Å²) in [6.07, 6.45) is 0.670. The highest BCUT2D eigenvalue weighted by Crippen LogP contribution is 2.39. The lowest BCUT2D eigenvalue weighted by Gasteiger charge is -2.24. The fraction of sp³-hybridized carbons (Fsp3) is 0.200. The van der Waals surface area contributed by atoms with E-state index in [9.17, 15) is 0 Å². The van der Waals surface area contributed by atoms with Gasteiger partial charge < -0.3 is 19.9 Å². The van der Waals surface area contributed by atoms with E-state index in [0.29, 0.717) is 18.1 Å². The lowest BCUT2D eigenvalue weighted by Crippen LogP contribution is -2.16. The van der Waals surface area contributed by atoms with Gasteiger partial charge in [0.25, 0.3) is 0 Å². The van der Waals surface area contributed by atoms with Crippen LogP contribution in [0.15, 0.2) is 97.1 Å². The van der Waals surface area contributed by atoms with Crippen molar-refractivity contribution < 1.29 is 14.2 Å². The lowest BCUT2D eigenvalue weighted by molar-refractivity contribution is 0.306. The highest BCUT2D eigenvalue weighted by atomic mass is 35.5. The number of nitrogens with two attached hydrogens (primary N) is 1. The van der Waals surface area contributed by atoms with E-state index in [1.54, 1.807) is 14.2 Å². The molecule has 0 radical (unpaired) electrons. The van der Waals surface area contributed by atoms with Gasteiger partial charge >= 0.3 is 0 Å². The standard InChI is InChI=1S/C30H30ClNO3/c1-33-24-12-10-23(11-13-24)30(32)19-27(28-18-26(34-2)16-17-29(28)31)22-8-14-25(15-9-22)35-20-21-6-4-3-5-7-21/h3-18,27,30H,19-20,32H2,1-2H3. The minimum Gasteiger partial charge on any atom is -0.497 e. The van der Waals surface area contributed by atoms with E-state index in [1.807, 2.05) is 72.8 Å². The molecule has 0 aliphatic rings. The molecule has 2 atom stereocenters. The minimum absolute atomic E-state index is 0.0297. The van der Waals surface area contributed by atoms with Crippen molar-refractivity contribution in [2.45, 2.75) is 25.0 Å². The summed E-state index contributed by atoms with van der Waals surface area (Å²) < 4.78 is 16.7. The Kier molecular flexibility index (Phi) is 8.30. The molecule has 0 aliphatic carbocycles. The van der Waals surface area contributed by atoms with E-state index >= 15 is 0 Å². The summed E-state index contributed by atoms with van der Waals surface area (Å²) in [4.78, 5) is 0. The molecule has 0 spiro atoms. The number of methoxy groups -OCH3 is 2. The summed E-state index contributed by atoms with van der Waals surface area (Å²) in [7, 11) is 3.31. The van der Waals surface area contributed by atoms with Gasteiger partial charge in [0.1, 0.15) is 23.9 Å². The van der Waals surface area contributed by atoms with Crippen LogP contribution in [0.2, 0.25) is 5.02 Å². The van der Waals surface area contributed by atoms with Crippen molar-refractivity contribution in [3.8, 4) is 17.2 Å². The average Bonchev–Trinajstić information content (AvgIpc) is 2.92. The molecule has 5 heteroatoms. The maximum absolute atomic E-state index is 6.68. The number of rotatable bonds is 10. The van der Waals surface area contributed by atoms with Crippen molar-refractivity contribution in [2.75, 3.05) is 14.2 Å². The lowest BCUT2D eigenvalue weighted by atomic mass is 9.84. The van der Waals surface area contributed by atoms with Gasteiger partial charge in [0.05, 0.1) is 14.2 Å². The number of benzene rings is 4. The highest BCUT2D eigenvalue weighted by Gasteiger charge is 2.22. The van der Waals surface area contributed by atoms with Crippen LogP contribution in [0.4, 0.5) is 0 Å². The van der Waals surface area contributed by atoms with Gasteiger partial charge in [0.2, 0.25) is 0 Å². The summed E-state index contributed by atoms with van der Waals surface area (Å²) in [5.74, 6) is 2.35. The second kappa shape index (κ2) is 11.8. The van der Waals surface area contributed by atoms with Crippen LogP contribution in [-0.4, -0.2) is 14.2 Å². The molecule has 0 saturated carbocycles. The van der Waals surface area contributed by atoms with Crippen LogP contribution in [0, 0.1) is 0 Å². The van der Waals surface area contributed by atoms with Crippen LogP contribution >= 0.6 is 11.6 Å². The normalized spacial score (nSPS) is 12.6. The molecule has 0 saturated heterocycles. The van der Waals surface area contributed by atoms with E-state index in [0.717, 1.165) is 39.5 Å². The van der Waals surface area contributed by atoms with Crippen molar-refractivity contribution in [3.63, 3.8) is 0 Å². The van der Waals surface area contributed by atoms with E-state index in [-0.39, 0.29) is 12.0 Å². The molecular formula is C30H30ClNO3. The molecule has 0 amide bonds. The molecule has 4 nitrogen and oxygen atoms in total. The Morgan fingerprint density at radius 1 is 0.714 bits per heavy atom. The van der Waals surface area contributed by atoms with Crippen molar-refractivity contribution >= 4 is 11.6 Å². The summed E-state index contributed by atoms with van der Waals surface area (Å²) in [6, 6.07) is 31.7. The zero-order valence-electron chi connectivity index (χ0n) is 20.0. The molecule has 0 aromatic heterocycles. The second-order valence-corrected chi connectivity index (χ2v) is 8.81. The molecule has 0 aliphatic heterocycles. The van der Waals surface area contributed by atoms with Crippen molar-refractivity contribution in [3.05, 3.63) is 124 Å². The Hall–Kier alpha value is -3.47. The van der Waals surface area contributed by atoms with E-state index < -0.39 is 0 Å². The first kappa shape index (κ1) is 24.6. The molecule has 0 heterocycles. The number of hydrogen-bond donors (Lipinski definition) is 1. The zero-order chi connectivity index (χ0) is 24.6. The number of ether oxygens (including phenoxy) is 3. The van der Waals surface area contributed by atoms with E-state index in [4.69, 9.17) is 31.5 Å². The largest absolute Gasteiger partial charge is 0.497 e. The smallest absolute Gasteiger partial charge is 0.119 e. The van der Waals surface area contributed by atoms with E-state index in [2.05, 4.69) is 24.3 Å². The second-order valence-electron chi connectivity index (χ2n) is 8.40. The number of hydrogen-bond acceptors (Lipinski definition) is 4. The molecule has 0 fully saturated rings. The first-order chi connectivity index (χ1) is 17.1. The predicted molar refractivity (Wildman–Crippen MR) is 142 cm³/mol. The molecule has 180 valence electrons. The Bertz CT molecular complexity index is 1210. The van der Waals surface area contributed by atoms with Crippen molar-refractivity contribution in [1.29, 1.82) is 0 Å². The molecule has 2 N–H and O–H groups in total. The van der Waals surface area contributed by atoms with Crippen LogP contribution < -0.4 is 19.9 Å². The maximum atomic E-state index is 6.68. The summed E-state index contributed by atoms with van der Waals surface area (Å²) in [5.41, 5.74) is 10.9. The first-order valence-electron chi connectivity index (χ1n) is 11.6. The van der Waals surface area contributed by atoms with Crippen LogP contribution in [0.25, 0.3) is 0 Å². The van der Waals surface area contributed by atoms with Gasteiger partial charge in [-0.05, 0) is 71.1 Å². The van der Waals surface area contributed by atoms with Gasteiger partial charge in [-0.15, -0.1) is 0 Å². The Balaban J connectivity index is 1.59. The van der Waals surface area contributed by atoms with Crippen LogP contribution in [-0.2, 0) is 6.61 Å². The van der Waals surface area contributed by atoms with Crippen molar-refractivity contribution in [2.24, 2.45) is 5.73 Å². The molecule has 35 heavy (non-hydrogen) atoms. The quantitative estimate of drug-likeness (QED) is 0.258. The maximum Gasteiger partial charge on any atom is 0.119 e. The molecule has 4 aromatic carbocycles. The van der Waals surface area contributed by atoms with Gasteiger partial charge in [-0.25, -0.2) is 0 Å². The zero-order valence-corrected chi connectivity index (χ0v) is 20.7. The molecule has 0 bridgehead atoms.